The zero-order valence-electron chi connectivity index (χ0n) is 15.4. The van der Waals surface area contributed by atoms with E-state index in [0.29, 0.717) is 0 Å². The van der Waals surface area contributed by atoms with Crippen molar-refractivity contribution < 1.29 is 4.74 Å². The highest BCUT2D eigenvalue weighted by Gasteiger charge is 2.15. The van der Waals surface area contributed by atoms with Crippen LogP contribution in [-0.4, -0.2) is 16.7 Å². The van der Waals surface area contributed by atoms with E-state index < -0.39 is 0 Å². The molecule has 3 nitrogen and oxygen atoms in total. The molecule has 0 fully saturated rings. The molecule has 1 N–H and O–H groups in total. The fourth-order valence-electron chi connectivity index (χ4n) is 4.34. The fraction of sp³-hybridized carbons (Fsp3) is 0.0400. The van der Waals surface area contributed by atoms with E-state index in [1.165, 1.54) is 38.1 Å². The van der Waals surface area contributed by atoms with Crippen LogP contribution in [0.4, 0.5) is 0 Å². The molecule has 2 heterocycles. The van der Waals surface area contributed by atoms with Crippen LogP contribution in [0.3, 0.4) is 0 Å². The van der Waals surface area contributed by atoms with Gasteiger partial charge in [0, 0.05) is 44.3 Å². The van der Waals surface area contributed by atoms with Crippen molar-refractivity contribution in [1.29, 1.82) is 0 Å². The van der Waals surface area contributed by atoms with Crippen molar-refractivity contribution in [3.63, 3.8) is 0 Å². The SMILES string of the molecule is COc1cccc(-n2c3ccccc3c3cc4c(cc32)[nH]c2ccccc24)c1. The second-order valence-corrected chi connectivity index (χ2v) is 7.14. The Labute approximate surface area is 161 Å². The Balaban J connectivity index is 1.80. The molecule has 4 aromatic carbocycles. The van der Waals surface area contributed by atoms with Crippen LogP contribution in [0.25, 0.3) is 49.3 Å². The summed E-state index contributed by atoms with van der Waals surface area (Å²) >= 11 is 0. The smallest absolute Gasteiger partial charge is 0.120 e. The quantitative estimate of drug-likeness (QED) is 0.378. The van der Waals surface area contributed by atoms with Gasteiger partial charge in [-0.3, -0.25) is 0 Å². The molecule has 0 saturated heterocycles. The number of aromatic nitrogens is 2. The zero-order valence-corrected chi connectivity index (χ0v) is 15.4. The lowest BCUT2D eigenvalue weighted by Gasteiger charge is -2.09. The maximum atomic E-state index is 5.47. The van der Waals surface area contributed by atoms with E-state index in [2.05, 4.69) is 82.3 Å². The third-order valence-electron chi connectivity index (χ3n) is 5.61. The summed E-state index contributed by atoms with van der Waals surface area (Å²) < 4.78 is 7.79. The molecule has 2 aromatic heterocycles. The van der Waals surface area contributed by atoms with Gasteiger partial charge in [-0.15, -0.1) is 0 Å². The summed E-state index contributed by atoms with van der Waals surface area (Å²) in [5.74, 6) is 0.857. The van der Waals surface area contributed by atoms with Gasteiger partial charge in [0.15, 0.2) is 0 Å². The molecule has 0 aliphatic rings. The van der Waals surface area contributed by atoms with Crippen molar-refractivity contribution in [3.8, 4) is 11.4 Å². The summed E-state index contributed by atoms with van der Waals surface area (Å²) in [5, 5.41) is 5.04. The number of H-pyrrole nitrogens is 1. The van der Waals surface area contributed by atoms with E-state index in [1.807, 2.05) is 12.1 Å². The highest BCUT2D eigenvalue weighted by molar-refractivity contribution is 6.18. The van der Waals surface area contributed by atoms with Crippen molar-refractivity contribution in [3.05, 3.63) is 84.9 Å². The van der Waals surface area contributed by atoms with E-state index >= 15 is 0 Å². The molecule has 0 amide bonds. The number of hydrogen-bond donors (Lipinski definition) is 1. The van der Waals surface area contributed by atoms with Crippen LogP contribution in [0, 0.1) is 0 Å². The number of hydrogen-bond acceptors (Lipinski definition) is 1. The number of ether oxygens (including phenoxy) is 1. The van der Waals surface area contributed by atoms with Crippen molar-refractivity contribution in [1.82, 2.24) is 9.55 Å². The first kappa shape index (κ1) is 15.3. The average Bonchev–Trinajstić information content (AvgIpc) is 3.27. The predicted molar refractivity (Wildman–Crippen MR) is 117 cm³/mol. The first-order chi connectivity index (χ1) is 13.8. The minimum Gasteiger partial charge on any atom is -0.497 e. The Morgan fingerprint density at radius 1 is 0.643 bits per heavy atom. The van der Waals surface area contributed by atoms with Crippen LogP contribution in [0.5, 0.6) is 5.75 Å². The molecule has 28 heavy (non-hydrogen) atoms. The number of benzene rings is 4. The lowest BCUT2D eigenvalue weighted by Crippen LogP contribution is -1.94. The van der Waals surface area contributed by atoms with Gasteiger partial charge in [0.1, 0.15) is 5.75 Å². The molecular formula is C25H18N2O. The first-order valence-corrected chi connectivity index (χ1v) is 9.41. The Morgan fingerprint density at radius 3 is 2.36 bits per heavy atom. The van der Waals surface area contributed by atoms with Crippen LogP contribution in [-0.2, 0) is 0 Å². The van der Waals surface area contributed by atoms with E-state index in [4.69, 9.17) is 4.74 Å². The van der Waals surface area contributed by atoms with Crippen LogP contribution >= 0.6 is 0 Å². The van der Waals surface area contributed by atoms with Gasteiger partial charge in [-0.2, -0.15) is 0 Å². The number of fused-ring (bicyclic) bond motifs is 6. The maximum absolute atomic E-state index is 5.47. The van der Waals surface area contributed by atoms with Gasteiger partial charge >= 0.3 is 0 Å². The van der Waals surface area contributed by atoms with Gasteiger partial charge in [0.05, 0.1) is 18.1 Å². The molecule has 0 radical (unpaired) electrons. The van der Waals surface area contributed by atoms with Crippen molar-refractivity contribution in [2.24, 2.45) is 0 Å². The molecule has 134 valence electrons. The zero-order chi connectivity index (χ0) is 18.7. The molecule has 0 aliphatic heterocycles. The molecule has 0 unspecified atom stereocenters. The van der Waals surface area contributed by atoms with Crippen LogP contribution in [0.2, 0.25) is 0 Å². The number of nitrogens with zero attached hydrogens (tertiary/aromatic N) is 1. The lowest BCUT2D eigenvalue weighted by molar-refractivity contribution is 0.414. The third kappa shape index (κ3) is 2.04. The Morgan fingerprint density at radius 2 is 1.46 bits per heavy atom. The minimum atomic E-state index is 0.857. The summed E-state index contributed by atoms with van der Waals surface area (Å²) in [6, 6.07) is 29.9. The molecule has 0 saturated carbocycles. The number of para-hydroxylation sites is 2. The first-order valence-electron chi connectivity index (χ1n) is 9.41. The number of methoxy groups -OCH3 is 1. The number of rotatable bonds is 2. The standard InChI is InChI=1S/C25H18N2O/c1-28-17-8-6-7-16(13-17)27-24-12-5-3-10-19(24)21-14-20-18-9-2-4-11-22(18)26-23(20)15-25(21)27/h2-15,26H,1H3. The van der Waals surface area contributed by atoms with Crippen LogP contribution < -0.4 is 4.74 Å². The molecule has 6 aromatic rings. The van der Waals surface area contributed by atoms with Gasteiger partial charge in [-0.1, -0.05) is 42.5 Å². The lowest BCUT2D eigenvalue weighted by atomic mass is 10.1. The van der Waals surface area contributed by atoms with Crippen molar-refractivity contribution >= 4 is 43.6 Å². The molecule has 6 rings (SSSR count). The largest absolute Gasteiger partial charge is 0.497 e. The van der Waals surface area contributed by atoms with E-state index in [9.17, 15) is 0 Å². The summed E-state index contributed by atoms with van der Waals surface area (Å²) in [7, 11) is 1.71. The van der Waals surface area contributed by atoms with E-state index in [1.54, 1.807) is 7.11 Å². The normalized spacial score (nSPS) is 11.8. The summed E-state index contributed by atoms with van der Waals surface area (Å²) in [5.41, 5.74) is 5.81. The summed E-state index contributed by atoms with van der Waals surface area (Å²) in [6.45, 7) is 0. The summed E-state index contributed by atoms with van der Waals surface area (Å²) in [6.07, 6.45) is 0. The molecule has 0 aliphatic carbocycles. The van der Waals surface area contributed by atoms with Gasteiger partial charge in [0.2, 0.25) is 0 Å². The maximum Gasteiger partial charge on any atom is 0.120 e. The second-order valence-electron chi connectivity index (χ2n) is 7.14. The molecule has 0 bridgehead atoms. The van der Waals surface area contributed by atoms with E-state index in [-0.39, 0.29) is 0 Å². The summed E-state index contributed by atoms with van der Waals surface area (Å²) in [4.78, 5) is 3.58. The van der Waals surface area contributed by atoms with E-state index in [0.717, 1.165) is 17.0 Å². The molecular weight excluding hydrogens is 344 g/mol. The molecule has 0 spiro atoms. The number of aromatic amines is 1. The Hall–Kier alpha value is -3.72. The highest BCUT2D eigenvalue weighted by atomic mass is 16.5. The monoisotopic (exact) mass is 362 g/mol. The highest BCUT2D eigenvalue weighted by Crippen LogP contribution is 2.37. The van der Waals surface area contributed by atoms with Crippen LogP contribution in [0.1, 0.15) is 0 Å². The Kier molecular flexibility index (Phi) is 3.09. The minimum absolute atomic E-state index is 0.857. The van der Waals surface area contributed by atoms with Crippen LogP contribution in [0.15, 0.2) is 84.9 Å². The van der Waals surface area contributed by atoms with Gasteiger partial charge < -0.3 is 14.3 Å². The topological polar surface area (TPSA) is 29.9 Å². The molecule has 3 heteroatoms. The predicted octanol–water partition coefficient (Wildman–Crippen LogP) is 6.43. The van der Waals surface area contributed by atoms with Gasteiger partial charge in [-0.05, 0) is 36.4 Å². The Bertz CT molecular complexity index is 1500. The second kappa shape index (κ2) is 5.64. The van der Waals surface area contributed by atoms with Gasteiger partial charge in [0.25, 0.3) is 0 Å². The van der Waals surface area contributed by atoms with Crippen molar-refractivity contribution in [2.75, 3.05) is 7.11 Å². The van der Waals surface area contributed by atoms with Gasteiger partial charge in [-0.25, -0.2) is 0 Å². The van der Waals surface area contributed by atoms with Crippen molar-refractivity contribution in [2.45, 2.75) is 0 Å². The fourth-order valence-corrected chi connectivity index (χ4v) is 4.34. The average molecular weight is 362 g/mol. The molecule has 0 atom stereocenters. The third-order valence-corrected chi connectivity index (χ3v) is 5.61. The number of nitrogens with one attached hydrogen (secondary N) is 1.